The maximum Gasteiger partial charge on any atom is 0.217 e. The van der Waals surface area contributed by atoms with E-state index in [0.29, 0.717) is 0 Å². The molecule has 738 valence electrons. The van der Waals surface area contributed by atoms with Crippen LogP contribution in [0.2, 0.25) is 0 Å². The molecule has 1 unspecified atom stereocenters. The van der Waals surface area contributed by atoms with E-state index in [-0.39, 0.29) is 0 Å². The molecular weight excluding hydrogens is 1750 g/mol. The third kappa shape index (κ3) is 23.8. The first-order chi connectivity index (χ1) is 60.5. The fraction of sp³-hybridized carbons (Fsp3) is 0.917. The molecule has 0 aromatic heterocycles. The molecule has 50 atom stereocenters. The summed E-state index contributed by atoms with van der Waals surface area (Å²) in [5.74, 6) is -5.41. The van der Waals surface area contributed by atoms with Crippen molar-refractivity contribution in [3.05, 3.63) is 0 Å². The molecular formula is C72H120N6O50. The van der Waals surface area contributed by atoms with Gasteiger partial charge in [-0.05, 0) is 6.92 Å². The van der Waals surface area contributed by atoms with Gasteiger partial charge in [0, 0.05) is 41.5 Å². The van der Waals surface area contributed by atoms with Crippen LogP contribution in [-0.2, 0) is 119 Å². The van der Waals surface area contributed by atoms with Gasteiger partial charge < -0.3 is 250 Å². The molecule has 56 nitrogen and oxygen atoms in total. The van der Waals surface area contributed by atoms with Gasteiger partial charge >= 0.3 is 0 Å². The van der Waals surface area contributed by atoms with Crippen LogP contribution >= 0.6 is 0 Å². The monoisotopic (exact) mass is 1870 g/mol. The van der Waals surface area contributed by atoms with Gasteiger partial charge in [-0.1, -0.05) is 0 Å². The Hall–Kier alpha value is -4.94. The first-order valence-electron chi connectivity index (χ1n) is 41.0. The van der Waals surface area contributed by atoms with E-state index in [1.807, 2.05) is 0 Å². The molecule has 0 spiro atoms. The van der Waals surface area contributed by atoms with Crippen LogP contribution in [0, 0.1) is 0 Å². The summed E-state index contributed by atoms with van der Waals surface area (Å²) in [5.41, 5.74) is 0. The second-order valence-corrected chi connectivity index (χ2v) is 32.5. The molecule has 128 heavy (non-hydrogen) atoms. The summed E-state index contributed by atoms with van der Waals surface area (Å²) in [6, 6.07) is -11.1. The zero-order valence-electron chi connectivity index (χ0n) is 69.6. The summed E-state index contributed by atoms with van der Waals surface area (Å²) in [6.45, 7) is -2.88. The molecule has 6 amide bonds. The molecule has 0 saturated carbocycles. The smallest absolute Gasteiger partial charge is 0.217 e. The van der Waals surface area contributed by atoms with Crippen molar-refractivity contribution >= 4 is 35.4 Å². The molecule has 0 aromatic carbocycles. The van der Waals surface area contributed by atoms with Crippen LogP contribution in [0.25, 0.3) is 0 Å². The van der Waals surface area contributed by atoms with Gasteiger partial charge in [-0.3, -0.25) is 28.8 Å². The number of hydrogen-bond acceptors (Lipinski definition) is 50. The average molecular weight is 1870 g/mol. The summed E-state index contributed by atoms with van der Waals surface area (Å²) in [6.07, 6.45) is -90.9. The number of aliphatic hydroxyl groups excluding tert-OH is 25. The quantitative estimate of drug-likeness (QED) is 0.0290. The molecule has 0 radical (unpaired) electrons. The molecule has 10 fully saturated rings. The van der Waals surface area contributed by atoms with Crippen molar-refractivity contribution in [1.82, 2.24) is 31.9 Å². The minimum absolute atomic E-state index is 0.812. The Morgan fingerprint density at radius 1 is 0.219 bits per heavy atom. The molecule has 0 aliphatic carbocycles. The minimum Gasteiger partial charge on any atom is -0.394 e. The lowest BCUT2D eigenvalue weighted by Gasteiger charge is -2.51. The Morgan fingerprint density at radius 2 is 0.484 bits per heavy atom. The Balaban J connectivity index is 0.993. The van der Waals surface area contributed by atoms with Crippen LogP contribution in [0.15, 0.2) is 0 Å². The molecule has 31 N–H and O–H groups in total. The highest BCUT2D eigenvalue weighted by Gasteiger charge is 2.62. The Kier molecular flexibility index (Phi) is 37.8. The van der Waals surface area contributed by atoms with Gasteiger partial charge in [0.05, 0.1) is 65.6 Å². The SMILES string of the molecule is CC(=O)N[C@@H]1[C@H](O[C@@H]2[C@@H](O[C@@H]3[C@H](O)[C@H](O[C@H]4[C@H](O)[C@@H](NC(C)=O)[C@H](O[C@H]5[C@H](O)[C@@H](NC(C)=O)[C@H](O)O[C@@H]5COC5O[C@@H](C)[C@@H](O)[C@@H](O)[C@@H]5O)O[C@@H]4CO)O[C@H](CO[C@H]4O[C@H](CO)[C@@H](O)[C@H](O)[C@@H]4O[C@@H]4O[C@H](CO)[C@@H](O[C@@H]5O[C@H](CO)[C@H](O)[C@H](O)[C@H]5NC(C)=O)[C@H](O)[C@H]4NC(C)=O)[C@H]3O)O[C@H](CO)[C@@H](O)[C@@H]2O)O[C@H](CO)[C@@H](O[C@@H]2O[C@H](CO)[C@H](O)[C@H](O)[C@H]2NC(C)=O)[C@@H]1O. The lowest BCUT2D eigenvalue weighted by Crippen LogP contribution is -2.71. The number of amides is 6. The van der Waals surface area contributed by atoms with Gasteiger partial charge in [-0.25, -0.2) is 0 Å². The number of nitrogens with one attached hydrogen (secondary N) is 6. The second kappa shape index (κ2) is 46.1. The Bertz CT molecular complexity index is 3550. The van der Waals surface area contributed by atoms with Crippen LogP contribution in [0.3, 0.4) is 0 Å². The van der Waals surface area contributed by atoms with Crippen LogP contribution in [0.4, 0.5) is 0 Å². The van der Waals surface area contributed by atoms with Crippen molar-refractivity contribution in [3.8, 4) is 0 Å². The topological polar surface area (TPSA) is 856 Å². The van der Waals surface area contributed by atoms with E-state index in [4.69, 9.17) is 90.0 Å². The summed E-state index contributed by atoms with van der Waals surface area (Å²) in [7, 11) is 0. The molecule has 56 heteroatoms. The van der Waals surface area contributed by atoms with Gasteiger partial charge in [0.1, 0.15) is 238 Å². The molecule has 10 rings (SSSR count). The molecule has 10 aliphatic heterocycles. The lowest BCUT2D eigenvalue weighted by atomic mass is 9.93. The summed E-state index contributed by atoms with van der Waals surface area (Å²) < 4.78 is 114. The maximum atomic E-state index is 13.3. The number of aliphatic hydroxyl groups is 25. The van der Waals surface area contributed by atoms with Crippen molar-refractivity contribution < 1.29 is 246 Å². The third-order valence-electron chi connectivity index (χ3n) is 23.2. The molecule has 0 bridgehead atoms. The number of rotatable bonds is 33. The predicted molar refractivity (Wildman–Crippen MR) is 398 cm³/mol. The maximum absolute atomic E-state index is 13.3. The first-order valence-corrected chi connectivity index (χ1v) is 41.0. The highest BCUT2D eigenvalue weighted by atomic mass is 16.8. The zero-order chi connectivity index (χ0) is 94.4. The Labute approximate surface area is 726 Å². The lowest BCUT2D eigenvalue weighted by molar-refractivity contribution is -0.398. The van der Waals surface area contributed by atoms with Crippen LogP contribution in [0.5, 0.6) is 0 Å². The van der Waals surface area contributed by atoms with Gasteiger partial charge in [0.2, 0.25) is 35.4 Å². The fourth-order valence-corrected chi connectivity index (χ4v) is 16.6. The zero-order valence-corrected chi connectivity index (χ0v) is 69.6. The van der Waals surface area contributed by atoms with Crippen molar-refractivity contribution in [2.75, 3.05) is 59.5 Å². The standard InChI is InChI=1S/C72H120N6O50/c1-17-39(92)51(104)54(107)69(112-17)110-16-32-59(47(100)33(63(109)113-32)73-18(2)86)124-66-36(76-21(5)89)50(103)58(30(14-85)118-66)125-70-55(108)60(126-72-62(53(106)43(96)27(11-82)117-72)128-68-38(78-23(7)91)49(102)57(29(13-84)120-68)123-65-35(75-20(4)88)46(99)41(94)25(9-80)115-65)44(97)31(121-70)15-111-71-61(52(105)42(95)26(10-81)116-71)127-67-37(77-22(6)90)48(101)56(28(12-83)119-67)122-64-34(74-19(3)87)45(98)40(93)24(8-79)114-64/h17,24-72,79-85,92-109H,8-16H2,1-7H3,(H,73,86)(H,74,87)(H,75,88)(H,76,89)(H,77,90)(H,78,91)/t17-,24+,25+,26+,27+,28+,29+,30+,31+,32+,33+,34+,35+,36+,37+,38-,39+,40-,41-,42+,43+,44+,45+,46+,47+,48+,49+,50+,51+,52-,53-,54-,55-,56+,57+,58+,59+,60-,61-,62-,63+,64-,65-,66-,67-,68-,69?,70-,71-,72+/m0/s1. The highest BCUT2D eigenvalue weighted by molar-refractivity contribution is 5.75. The first kappa shape index (κ1) is 105. The number of ether oxygens (including phenoxy) is 19. The van der Waals surface area contributed by atoms with Gasteiger partial charge in [-0.15, -0.1) is 0 Å². The van der Waals surface area contributed by atoms with Crippen molar-refractivity contribution in [2.24, 2.45) is 0 Å². The molecule has 10 aliphatic rings. The summed E-state index contributed by atoms with van der Waals surface area (Å²) in [5, 5.41) is 297. The minimum atomic E-state index is -2.64. The van der Waals surface area contributed by atoms with Crippen LogP contribution in [-0.4, -0.2) is 529 Å². The van der Waals surface area contributed by atoms with Crippen LogP contribution < -0.4 is 31.9 Å². The normalized spacial score (nSPS) is 47.8. The van der Waals surface area contributed by atoms with Crippen LogP contribution in [0.1, 0.15) is 48.5 Å². The summed E-state index contributed by atoms with van der Waals surface area (Å²) >= 11 is 0. The molecule has 10 saturated heterocycles. The van der Waals surface area contributed by atoms with E-state index in [1.165, 1.54) is 6.92 Å². The van der Waals surface area contributed by atoms with Crippen molar-refractivity contribution in [2.45, 2.75) is 355 Å². The van der Waals surface area contributed by atoms with Gasteiger partial charge in [0.25, 0.3) is 0 Å². The molecule has 0 aromatic rings. The number of carbonyl (C=O) groups is 6. The second-order valence-electron chi connectivity index (χ2n) is 32.5. The van der Waals surface area contributed by atoms with E-state index in [1.54, 1.807) is 0 Å². The van der Waals surface area contributed by atoms with E-state index in [0.717, 1.165) is 41.5 Å². The number of carbonyl (C=O) groups excluding carboxylic acids is 6. The van der Waals surface area contributed by atoms with E-state index in [9.17, 15) is 156 Å². The largest absolute Gasteiger partial charge is 0.394 e. The summed E-state index contributed by atoms with van der Waals surface area (Å²) in [4.78, 5) is 76.8. The van der Waals surface area contributed by atoms with Crippen molar-refractivity contribution in [1.29, 1.82) is 0 Å². The number of hydrogen-bond donors (Lipinski definition) is 31. The van der Waals surface area contributed by atoms with E-state index < -0.39 is 402 Å². The van der Waals surface area contributed by atoms with Gasteiger partial charge in [-0.2, -0.15) is 0 Å². The van der Waals surface area contributed by atoms with E-state index in [2.05, 4.69) is 31.9 Å². The van der Waals surface area contributed by atoms with E-state index >= 15 is 0 Å². The molecule has 10 heterocycles. The van der Waals surface area contributed by atoms with Crippen molar-refractivity contribution in [3.63, 3.8) is 0 Å². The average Bonchev–Trinajstić information content (AvgIpc) is 0.764. The predicted octanol–water partition coefficient (Wildman–Crippen LogP) is -20.9. The van der Waals surface area contributed by atoms with Gasteiger partial charge in [0.15, 0.2) is 62.9 Å². The fourth-order valence-electron chi connectivity index (χ4n) is 16.6. The highest BCUT2D eigenvalue weighted by Crippen LogP contribution is 2.41. The Morgan fingerprint density at radius 3 is 0.852 bits per heavy atom. The third-order valence-corrected chi connectivity index (χ3v) is 23.2.